The van der Waals surface area contributed by atoms with Crippen LogP contribution in [-0.4, -0.2) is 55.3 Å². The molecule has 0 spiro atoms. The molecule has 0 radical (unpaired) electrons. The van der Waals surface area contributed by atoms with Crippen molar-refractivity contribution in [2.24, 2.45) is 0 Å². The molecular formula is C23H25N3O5S. The first kappa shape index (κ1) is 22.0. The summed E-state index contributed by atoms with van der Waals surface area (Å²) in [6.45, 7) is 3.41. The van der Waals surface area contributed by atoms with Crippen molar-refractivity contribution in [3.8, 4) is 0 Å². The SMILES string of the molecule is Cc1ccc([C@@]2(c3ccccc3)NC(=O)N(CC(=O)N[C@@H]3CCS(=O)(=O)C3)C2=O)cc1C. The molecule has 32 heavy (non-hydrogen) atoms. The lowest BCUT2D eigenvalue weighted by molar-refractivity contribution is -0.134. The molecule has 2 aromatic rings. The van der Waals surface area contributed by atoms with E-state index in [0.29, 0.717) is 17.5 Å². The number of nitrogens with zero attached hydrogens (tertiary/aromatic N) is 1. The molecule has 2 saturated heterocycles. The lowest BCUT2D eigenvalue weighted by Crippen LogP contribution is -2.47. The van der Waals surface area contributed by atoms with Crippen molar-refractivity contribution < 1.29 is 22.8 Å². The van der Waals surface area contributed by atoms with Crippen LogP contribution < -0.4 is 10.6 Å². The maximum Gasteiger partial charge on any atom is 0.326 e. The minimum Gasteiger partial charge on any atom is -0.351 e. The number of amides is 4. The van der Waals surface area contributed by atoms with Crippen LogP contribution >= 0.6 is 0 Å². The number of imide groups is 1. The van der Waals surface area contributed by atoms with Gasteiger partial charge in [-0.1, -0.05) is 48.5 Å². The molecule has 9 heteroatoms. The number of urea groups is 1. The number of hydrogen-bond acceptors (Lipinski definition) is 5. The number of carbonyl (C=O) groups excluding carboxylic acids is 3. The van der Waals surface area contributed by atoms with Crippen molar-refractivity contribution >= 4 is 27.7 Å². The third-order valence-electron chi connectivity index (χ3n) is 6.15. The van der Waals surface area contributed by atoms with E-state index in [1.165, 1.54) is 0 Å². The molecule has 4 rings (SSSR count). The van der Waals surface area contributed by atoms with Gasteiger partial charge < -0.3 is 10.6 Å². The Morgan fingerprint density at radius 1 is 1.09 bits per heavy atom. The van der Waals surface area contributed by atoms with E-state index in [1.54, 1.807) is 30.3 Å². The van der Waals surface area contributed by atoms with Crippen molar-refractivity contribution in [2.45, 2.75) is 31.8 Å². The zero-order valence-electron chi connectivity index (χ0n) is 17.9. The zero-order chi connectivity index (χ0) is 23.1. The van der Waals surface area contributed by atoms with Crippen molar-refractivity contribution in [2.75, 3.05) is 18.1 Å². The quantitative estimate of drug-likeness (QED) is 0.662. The normalized spacial score (nSPS) is 24.4. The lowest BCUT2D eigenvalue weighted by Gasteiger charge is -2.28. The maximum absolute atomic E-state index is 13.7. The molecule has 8 nitrogen and oxygen atoms in total. The van der Waals surface area contributed by atoms with Crippen LogP contribution in [0.15, 0.2) is 48.5 Å². The maximum atomic E-state index is 13.7. The number of aryl methyl sites for hydroxylation is 2. The topological polar surface area (TPSA) is 113 Å². The van der Waals surface area contributed by atoms with Crippen LogP contribution in [0.25, 0.3) is 0 Å². The average molecular weight is 456 g/mol. The number of sulfone groups is 1. The molecule has 2 atom stereocenters. The monoisotopic (exact) mass is 455 g/mol. The Labute approximate surface area is 186 Å². The summed E-state index contributed by atoms with van der Waals surface area (Å²) >= 11 is 0. The van der Waals surface area contributed by atoms with E-state index in [2.05, 4.69) is 10.6 Å². The molecule has 2 heterocycles. The predicted molar refractivity (Wildman–Crippen MR) is 119 cm³/mol. The van der Waals surface area contributed by atoms with Crippen molar-refractivity contribution in [3.05, 3.63) is 70.8 Å². The van der Waals surface area contributed by atoms with Crippen LogP contribution in [0, 0.1) is 13.8 Å². The van der Waals surface area contributed by atoms with E-state index in [1.807, 2.05) is 32.0 Å². The fourth-order valence-corrected chi connectivity index (χ4v) is 5.94. The van der Waals surface area contributed by atoms with E-state index >= 15 is 0 Å². The largest absolute Gasteiger partial charge is 0.351 e. The number of nitrogens with one attached hydrogen (secondary N) is 2. The molecule has 2 aliphatic heterocycles. The van der Waals surface area contributed by atoms with Crippen LogP contribution in [0.4, 0.5) is 4.79 Å². The minimum atomic E-state index is -3.16. The first-order chi connectivity index (χ1) is 15.1. The second-order valence-electron chi connectivity index (χ2n) is 8.40. The summed E-state index contributed by atoms with van der Waals surface area (Å²) in [5.74, 6) is -1.23. The summed E-state index contributed by atoms with van der Waals surface area (Å²) in [7, 11) is -3.16. The second-order valence-corrected chi connectivity index (χ2v) is 10.6. The van der Waals surface area contributed by atoms with Gasteiger partial charge in [0.2, 0.25) is 5.91 Å². The van der Waals surface area contributed by atoms with E-state index in [4.69, 9.17) is 0 Å². The van der Waals surface area contributed by atoms with Crippen LogP contribution in [0.3, 0.4) is 0 Å². The second kappa shape index (κ2) is 8.05. The predicted octanol–water partition coefficient (Wildman–Crippen LogP) is 1.40. The van der Waals surface area contributed by atoms with Crippen molar-refractivity contribution in [1.29, 1.82) is 0 Å². The van der Waals surface area contributed by atoms with Crippen molar-refractivity contribution in [3.63, 3.8) is 0 Å². The summed E-state index contributed by atoms with van der Waals surface area (Å²) in [5, 5.41) is 5.45. The highest BCUT2D eigenvalue weighted by Crippen LogP contribution is 2.36. The van der Waals surface area contributed by atoms with E-state index < -0.39 is 45.8 Å². The summed E-state index contributed by atoms with van der Waals surface area (Å²) in [5.41, 5.74) is 1.77. The molecule has 168 valence electrons. The van der Waals surface area contributed by atoms with Gasteiger partial charge in [-0.3, -0.25) is 14.5 Å². The van der Waals surface area contributed by atoms with Gasteiger partial charge in [-0.2, -0.15) is 0 Å². The fraction of sp³-hybridized carbons (Fsp3) is 0.348. The first-order valence-electron chi connectivity index (χ1n) is 10.4. The lowest BCUT2D eigenvalue weighted by atomic mass is 9.81. The minimum absolute atomic E-state index is 0.0188. The van der Waals surface area contributed by atoms with Gasteiger partial charge in [-0.15, -0.1) is 0 Å². The Balaban J connectivity index is 1.65. The van der Waals surface area contributed by atoms with E-state index in [9.17, 15) is 22.8 Å². The van der Waals surface area contributed by atoms with Crippen LogP contribution in [0.2, 0.25) is 0 Å². The molecule has 2 fully saturated rings. The Morgan fingerprint density at radius 2 is 1.81 bits per heavy atom. The van der Waals surface area contributed by atoms with Gasteiger partial charge in [-0.05, 0) is 42.5 Å². The highest BCUT2D eigenvalue weighted by Gasteiger charge is 2.54. The molecule has 2 N–H and O–H groups in total. The molecular weight excluding hydrogens is 430 g/mol. The molecule has 0 aliphatic carbocycles. The third kappa shape index (κ3) is 3.88. The Bertz CT molecular complexity index is 1200. The Hall–Kier alpha value is -3.20. The molecule has 0 bridgehead atoms. The Morgan fingerprint density at radius 3 is 2.44 bits per heavy atom. The van der Waals surface area contributed by atoms with Gasteiger partial charge in [0.15, 0.2) is 15.4 Å². The molecule has 4 amide bonds. The number of rotatable bonds is 5. The Kier molecular flexibility index (Phi) is 5.54. The zero-order valence-corrected chi connectivity index (χ0v) is 18.7. The van der Waals surface area contributed by atoms with Crippen LogP contribution in [0.5, 0.6) is 0 Å². The number of carbonyl (C=O) groups is 3. The first-order valence-corrected chi connectivity index (χ1v) is 12.2. The molecule has 2 aliphatic rings. The molecule has 0 unspecified atom stereocenters. The average Bonchev–Trinajstić information content (AvgIpc) is 3.21. The highest BCUT2D eigenvalue weighted by molar-refractivity contribution is 7.91. The molecule has 0 aromatic heterocycles. The molecule has 2 aromatic carbocycles. The summed E-state index contributed by atoms with van der Waals surface area (Å²) in [6.07, 6.45) is 0.324. The summed E-state index contributed by atoms with van der Waals surface area (Å²) < 4.78 is 23.3. The van der Waals surface area contributed by atoms with Gasteiger partial charge in [0.25, 0.3) is 5.91 Å². The highest BCUT2D eigenvalue weighted by atomic mass is 32.2. The van der Waals surface area contributed by atoms with Gasteiger partial charge in [0, 0.05) is 6.04 Å². The summed E-state index contributed by atoms with van der Waals surface area (Å²) in [4.78, 5) is 40.0. The van der Waals surface area contributed by atoms with Gasteiger partial charge in [-0.25, -0.2) is 13.2 Å². The summed E-state index contributed by atoms with van der Waals surface area (Å²) in [6, 6.07) is 13.3. The number of benzene rings is 2. The molecule has 0 saturated carbocycles. The van der Waals surface area contributed by atoms with Crippen LogP contribution in [0.1, 0.15) is 28.7 Å². The smallest absolute Gasteiger partial charge is 0.326 e. The van der Waals surface area contributed by atoms with Gasteiger partial charge in [0.1, 0.15) is 6.54 Å². The van der Waals surface area contributed by atoms with E-state index in [0.717, 1.165) is 16.0 Å². The van der Waals surface area contributed by atoms with Gasteiger partial charge >= 0.3 is 6.03 Å². The number of hydrogen-bond donors (Lipinski definition) is 2. The standard InChI is InChI=1S/C23H25N3O5S/c1-15-8-9-18(12-16(15)2)23(17-6-4-3-5-7-17)21(28)26(22(29)25-23)13-20(27)24-19-10-11-32(30,31)14-19/h3-9,12,19H,10-11,13-14H2,1-2H3,(H,24,27)(H,25,29)/t19-,23-/m1/s1. The van der Waals surface area contributed by atoms with Crippen molar-refractivity contribution in [1.82, 2.24) is 15.5 Å². The van der Waals surface area contributed by atoms with Gasteiger partial charge in [0.05, 0.1) is 11.5 Å². The van der Waals surface area contributed by atoms with Crippen LogP contribution in [-0.2, 0) is 25.0 Å². The van der Waals surface area contributed by atoms with E-state index in [-0.39, 0.29) is 11.5 Å². The third-order valence-corrected chi connectivity index (χ3v) is 7.92. The fourth-order valence-electron chi connectivity index (χ4n) is 4.27.